The molecule has 3 rings (SSSR count). The lowest BCUT2D eigenvalue weighted by atomic mass is 10.1. The fourth-order valence-corrected chi connectivity index (χ4v) is 2.25. The third-order valence-corrected chi connectivity index (χ3v) is 3.47. The highest BCUT2D eigenvalue weighted by Crippen LogP contribution is 2.16. The van der Waals surface area contributed by atoms with Crippen LogP contribution in [0.5, 0.6) is 0 Å². The summed E-state index contributed by atoms with van der Waals surface area (Å²) in [4.78, 5) is 9.00. The Morgan fingerprint density at radius 1 is 1.14 bits per heavy atom. The van der Waals surface area contributed by atoms with E-state index in [0.717, 1.165) is 22.4 Å². The second-order valence-corrected chi connectivity index (χ2v) is 5.48. The van der Waals surface area contributed by atoms with E-state index in [0.29, 0.717) is 12.5 Å². The van der Waals surface area contributed by atoms with Gasteiger partial charge in [0.1, 0.15) is 0 Å². The third-order valence-electron chi connectivity index (χ3n) is 3.47. The zero-order valence-corrected chi connectivity index (χ0v) is 12.3. The number of benzene rings is 1. The van der Waals surface area contributed by atoms with Gasteiger partial charge in [-0.15, -0.1) is 0 Å². The van der Waals surface area contributed by atoms with Crippen molar-refractivity contribution >= 4 is 11.0 Å². The number of para-hydroxylation sites is 2. The van der Waals surface area contributed by atoms with Gasteiger partial charge in [0, 0.05) is 18.7 Å². The van der Waals surface area contributed by atoms with Crippen molar-refractivity contribution in [2.75, 3.05) is 0 Å². The Balaban J connectivity index is 1.80. The van der Waals surface area contributed by atoms with Crippen molar-refractivity contribution in [2.24, 2.45) is 5.73 Å². The zero-order chi connectivity index (χ0) is 14.8. The molecule has 21 heavy (non-hydrogen) atoms. The molecule has 0 aliphatic carbocycles. The van der Waals surface area contributed by atoms with Crippen molar-refractivity contribution in [1.29, 1.82) is 0 Å². The van der Waals surface area contributed by atoms with Crippen molar-refractivity contribution in [3.8, 4) is 0 Å². The quantitative estimate of drug-likeness (QED) is 0.798. The molecule has 1 atom stereocenters. The van der Waals surface area contributed by atoms with Gasteiger partial charge in [-0.05, 0) is 32.0 Å². The monoisotopic (exact) mass is 281 g/mol. The fraction of sp³-hybridized carbons (Fsp3) is 0.312. The zero-order valence-electron chi connectivity index (χ0n) is 12.3. The maximum atomic E-state index is 6.25. The van der Waals surface area contributed by atoms with Crippen molar-refractivity contribution in [3.05, 3.63) is 54.1 Å². The Kier molecular flexibility index (Phi) is 3.66. The van der Waals surface area contributed by atoms with Gasteiger partial charge in [0.2, 0.25) is 0 Å². The molecule has 0 spiro atoms. The Bertz CT molecular complexity index is 747. The van der Waals surface area contributed by atoms with E-state index in [2.05, 4.69) is 28.9 Å². The molecule has 1 aromatic carbocycles. The molecule has 5 nitrogen and oxygen atoms in total. The average molecular weight is 281 g/mol. The lowest BCUT2D eigenvalue weighted by Gasteiger charge is -2.10. The second kappa shape index (κ2) is 5.61. The van der Waals surface area contributed by atoms with Crippen molar-refractivity contribution in [2.45, 2.75) is 32.4 Å². The van der Waals surface area contributed by atoms with Crippen LogP contribution in [0, 0.1) is 0 Å². The van der Waals surface area contributed by atoms with Crippen LogP contribution in [0.15, 0.2) is 42.7 Å². The van der Waals surface area contributed by atoms with E-state index >= 15 is 0 Å². The molecule has 0 radical (unpaired) electrons. The van der Waals surface area contributed by atoms with Crippen molar-refractivity contribution in [1.82, 2.24) is 19.7 Å². The molecular weight excluding hydrogens is 262 g/mol. The van der Waals surface area contributed by atoms with Crippen LogP contribution in [0.2, 0.25) is 0 Å². The number of fused-ring (bicyclic) bond motifs is 1. The van der Waals surface area contributed by atoms with Gasteiger partial charge in [-0.2, -0.15) is 5.10 Å². The van der Waals surface area contributed by atoms with Crippen LogP contribution in [0.4, 0.5) is 0 Å². The lowest BCUT2D eigenvalue weighted by Crippen LogP contribution is -2.16. The summed E-state index contributed by atoms with van der Waals surface area (Å²) in [5.41, 5.74) is 9.79. The summed E-state index contributed by atoms with van der Waals surface area (Å²) in [6, 6.07) is 9.97. The summed E-state index contributed by atoms with van der Waals surface area (Å²) >= 11 is 0. The first-order valence-electron chi connectivity index (χ1n) is 7.15. The molecule has 5 heteroatoms. The number of nitrogens with two attached hydrogens (primary N) is 1. The highest BCUT2D eigenvalue weighted by Gasteiger charge is 2.12. The lowest BCUT2D eigenvalue weighted by molar-refractivity contribution is 0.522. The molecule has 0 amide bonds. The van der Waals surface area contributed by atoms with E-state index in [9.17, 15) is 0 Å². The van der Waals surface area contributed by atoms with Gasteiger partial charge in [-0.25, -0.2) is 4.98 Å². The molecular formula is C16H19N5. The number of hydrogen-bond acceptors (Lipinski definition) is 4. The Labute approximate surface area is 123 Å². The van der Waals surface area contributed by atoms with E-state index < -0.39 is 0 Å². The minimum absolute atomic E-state index is 0.197. The molecule has 2 heterocycles. The predicted octanol–water partition coefficient (Wildman–Crippen LogP) is 2.65. The van der Waals surface area contributed by atoms with Crippen LogP contribution < -0.4 is 5.73 Å². The summed E-state index contributed by atoms with van der Waals surface area (Å²) < 4.78 is 1.94. The molecule has 3 aromatic rings. The molecule has 1 unspecified atom stereocenters. The van der Waals surface area contributed by atoms with Gasteiger partial charge in [-0.1, -0.05) is 12.1 Å². The highest BCUT2D eigenvalue weighted by molar-refractivity contribution is 5.73. The van der Waals surface area contributed by atoms with Crippen LogP contribution in [0.3, 0.4) is 0 Å². The van der Waals surface area contributed by atoms with Crippen LogP contribution >= 0.6 is 0 Å². The Hall–Kier alpha value is -2.27. The van der Waals surface area contributed by atoms with Gasteiger partial charge in [0.05, 0.1) is 34.7 Å². The number of nitrogens with zero attached hydrogens (tertiary/aromatic N) is 4. The first-order chi connectivity index (χ1) is 10.1. The first-order valence-corrected chi connectivity index (χ1v) is 7.15. The van der Waals surface area contributed by atoms with E-state index in [1.807, 2.05) is 41.2 Å². The number of rotatable bonds is 4. The van der Waals surface area contributed by atoms with Crippen LogP contribution in [-0.4, -0.2) is 19.7 Å². The van der Waals surface area contributed by atoms with E-state index in [-0.39, 0.29) is 6.04 Å². The number of hydrogen-bond donors (Lipinski definition) is 1. The minimum Gasteiger partial charge on any atom is -0.322 e. The summed E-state index contributed by atoms with van der Waals surface area (Å²) in [6.45, 7) is 4.21. The molecule has 0 saturated heterocycles. The fourth-order valence-electron chi connectivity index (χ4n) is 2.25. The van der Waals surface area contributed by atoms with E-state index in [4.69, 9.17) is 5.73 Å². The van der Waals surface area contributed by atoms with E-state index in [1.165, 1.54) is 0 Å². The second-order valence-electron chi connectivity index (χ2n) is 5.48. The maximum absolute atomic E-state index is 6.25. The molecule has 0 saturated carbocycles. The van der Waals surface area contributed by atoms with E-state index in [1.54, 1.807) is 6.20 Å². The summed E-state index contributed by atoms with van der Waals surface area (Å²) in [5.74, 6) is 0. The standard InChI is InChI=1S/C16H19N5/c1-11(2)21-8-7-12(20-21)9-13(17)16-10-18-14-5-3-4-6-15(14)19-16/h3-8,10-11,13H,9,17H2,1-2H3. The van der Waals surface area contributed by atoms with Crippen molar-refractivity contribution in [3.63, 3.8) is 0 Å². The van der Waals surface area contributed by atoms with Gasteiger partial charge in [-0.3, -0.25) is 9.67 Å². The normalized spacial score (nSPS) is 13.0. The topological polar surface area (TPSA) is 69.6 Å². The van der Waals surface area contributed by atoms with Crippen LogP contribution in [0.1, 0.15) is 37.3 Å². The summed E-state index contributed by atoms with van der Waals surface area (Å²) in [7, 11) is 0. The Morgan fingerprint density at radius 2 is 1.90 bits per heavy atom. The molecule has 108 valence electrons. The van der Waals surface area contributed by atoms with Gasteiger partial charge >= 0.3 is 0 Å². The first kappa shape index (κ1) is 13.7. The number of aromatic nitrogens is 4. The smallest absolute Gasteiger partial charge is 0.0890 e. The van der Waals surface area contributed by atoms with Crippen molar-refractivity contribution < 1.29 is 0 Å². The van der Waals surface area contributed by atoms with Gasteiger partial charge in [0.15, 0.2) is 0 Å². The largest absolute Gasteiger partial charge is 0.322 e. The molecule has 0 bridgehead atoms. The molecule has 0 aliphatic heterocycles. The molecule has 2 N–H and O–H groups in total. The summed E-state index contributed by atoms with van der Waals surface area (Å²) in [5, 5.41) is 4.53. The Morgan fingerprint density at radius 3 is 2.62 bits per heavy atom. The third kappa shape index (κ3) is 2.92. The minimum atomic E-state index is -0.197. The van der Waals surface area contributed by atoms with Crippen LogP contribution in [0.25, 0.3) is 11.0 Å². The summed E-state index contributed by atoms with van der Waals surface area (Å²) in [6.07, 6.45) is 4.40. The van der Waals surface area contributed by atoms with Gasteiger partial charge in [0.25, 0.3) is 0 Å². The molecule has 0 fully saturated rings. The maximum Gasteiger partial charge on any atom is 0.0890 e. The molecule has 0 aliphatic rings. The van der Waals surface area contributed by atoms with Gasteiger partial charge < -0.3 is 5.73 Å². The van der Waals surface area contributed by atoms with Crippen LogP contribution in [-0.2, 0) is 6.42 Å². The predicted molar refractivity (Wildman–Crippen MR) is 82.8 cm³/mol. The highest BCUT2D eigenvalue weighted by atomic mass is 15.3. The molecule has 2 aromatic heterocycles. The average Bonchev–Trinajstić information content (AvgIpc) is 2.95. The SMILES string of the molecule is CC(C)n1ccc(CC(N)c2cnc3ccccc3n2)n1.